The molecule has 0 aromatic heterocycles. The van der Waals surface area contributed by atoms with Crippen LogP contribution in [-0.4, -0.2) is 30.9 Å². The summed E-state index contributed by atoms with van der Waals surface area (Å²) < 4.78 is 10.5. The molecular formula is C18H19ClN2O4. The Morgan fingerprint density at radius 3 is 2.80 bits per heavy atom. The number of hydrogen-bond acceptors (Lipinski definition) is 5. The Morgan fingerprint density at radius 1 is 1.32 bits per heavy atom. The van der Waals surface area contributed by atoms with Gasteiger partial charge < -0.3 is 14.6 Å². The van der Waals surface area contributed by atoms with Crippen LogP contribution in [0.5, 0.6) is 17.2 Å². The minimum absolute atomic E-state index is 0.114. The number of benzene rings is 2. The highest BCUT2D eigenvalue weighted by atomic mass is 35.5. The molecule has 0 saturated carbocycles. The number of phenols is 1. The van der Waals surface area contributed by atoms with Crippen molar-refractivity contribution < 1.29 is 19.4 Å². The summed E-state index contributed by atoms with van der Waals surface area (Å²) in [7, 11) is 1.42. The molecule has 2 aromatic rings. The van der Waals surface area contributed by atoms with Gasteiger partial charge in [0.2, 0.25) is 0 Å². The summed E-state index contributed by atoms with van der Waals surface area (Å²) in [5.41, 5.74) is 4.72. The molecule has 0 spiro atoms. The van der Waals surface area contributed by atoms with Crippen LogP contribution in [0.15, 0.2) is 35.4 Å². The number of nitrogens with one attached hydrogen (secondary N) is 1. The maximum Gasteiger partial charge on any atom is 0.277 e. The van der Waals surface area contributed by atoms with Gasteiger partial charge in [0.15, 0.2) is 18.1 Å². The number of carbonyl (C=O) groups excluding carboxylic acids is 1. The second kappa shape index (κ2) is 8.39. The van der Waals surface area contributed by atoms with Crippen molar-refractivity contribution in [3.8, 4) is 17.2 Å². The van der Waals surface area contributed by atoms with Gasteiger partial charge in [-0.1, -0.05) is 23.7 Å². The summed E-state index contributed by atoms with van der Waals surface area (Å²) in [4.78, 5) is 11.8. The molecule has 25 heavy (non-hydrogen) atoms. The van der Waals surface area contributed by atoms with Crippen molar-refractivity contribution in [2.24, 2.45) is 5.10 Å². The third-order valence-electron chi connectivity index (χ3n) is 3.60. The molecule has 0 aliphatic rings. The first kappa shape index (κ1) is 18.6. The molecule has 0 atom stereocenters. The number of hydrogen-bond donors (Lipinski definition) is 2. The standard InChI is InChI=1S/C18H19ClN2O4/c1-11-5-4-6-15(12(11)2)25-10-17(22)21-20-9-13-7-14(19)8-16(24-3)18(13)23/h4-9,23H,10H2,1-3H3,(H,21,22)/b20-9-. The number of aromatic hydroxyl groups is 1. The van der Waals surface area contributed by atoms with Crippen LogP contribution in [0.1, 0.15) is 16.7 Å². The van der Waals surface area contributed by atoms with E-state index in [4.69, 9.17) is 21.1 Å². The van der Waals surface area contributed by atoms with Crippen LogP contribution >= 0.6 is 11.6 Å². The molecule has 0 heterocycles. The average molecular weight is 363 g/mol. The molecule has 132 valence electrons. The number of hydrazone groups is 1. The zero-order valence-electron chi connectivity index (χ0n) is 14.2. The van der Waals surface area contributed by atoms with Gasteiger partial charge in [0.25, 0.3) is 5.91 Å². The summed E-state index contributed by atoms with van der Waals surface area (Å²) in [5.74, 6) is 0.331. The van der Waals surface area contributed by atoms with Crippen molar-refractivity contribution >= 4 is 23.7 Å². The smallest absolute Gasteiger partial charge is 0.277 e. The number of rotatable bonds is 6. The molecule has 6 nitrogen and oxygen atoms in total. The summed E-state index contributed by atoms with van der Waals surface area (Å²) >= 11 is 5.93. The lowest BCUT2D eigenvalue weighted by atomic mass is 10.1. The second-order valence-corrected chi connectivity index (χ2v) is 5.76. The van der Waals surface area contributed by atoms with E-state index in [0.717, 1.165) is 11.1 Å². The van der Waals surface area contributed by atoms with E-state index in [2.05, 4.69) is 10.5 Å². The van der Waals surface area contributed by atoms with E-state index in [1.807, 2.05) is 26.0 Å². The van der Waals surface area contributed by atoms with Crippen molar-refractivity contribution in [1.29, 1.82) is 0 Å². The number of aryl methyl sites for hydroxylation is 1. The summed E-state index contributed by atoms with van der Waals surface area (Å²) in [5, 5.41) is 14.1. The van der Waals surface area contributed by atoms with Crippen molar-refractivity contribution in [2.75, 3.05) is 13.7 Å². The van der Waals surface area contributed by atoms with Gasteiger partial charge >= 0.3 is 0 Å². The Hall–Kier alpha value is -2.73. The van der Waals surface area contributed by atoms with Crippen LogP contribution in [0.25, 0.3) is 0 Å². The van der Waals surface area contributed by atoms with Gasteiger partial charge in [-0.15, -0.1) is 0 Å². The highest BCUT2D eigenvalue weighted by Crippen LogP contribution is 2.32. The molecule has 0 saturated heterocycles. The fourth-order valence-corrected chi connectivity index (χ4v) is 2.30. The van der Waals surface area contributed by atoms with E-state index < -0.39 is 5.91 Å². The van der Waals surface area contributed by atoms with E-state index in [-0.39, 0.29) is 18.1 Å². The van der Waals surface area contributed by atoms with E-state index in [9.17, 15) is 9.90 Å². The minimum atomic E-state index is -0.425. The zero-order chi connectivity index (χ0) is 18.4. The highest BCUT2D eigenvalue weighted by Gasteiger charge is 2.09. The maximum absolute atomic E-state index is 11.8. The van der Waals surface area contributed by atoms with Crippen molar-refractivity contribution in [2.45, 2.75) is 13.8 Å². The third kappa shape index (κ3) is 4.87. The van der Waals surface area contributed by atoms with Gasteiger partial charge in [-0.25, -0.2) is 5.43 Å². The number of halogens is 1. The zero-order valence-corrected chi connectivity index (χ0v) is 14.9. The van der Waals surface area contributed by atoms with Gasteiger partial charge in [-0.3, -0.25) is 4.79 Å². The molecule has 1 amide bonds. The van der Waals surface area contributed by atoms with Crippen LogP contribution in [0.4, 0.5) is 0 Å². The first-order valence-electron chi connectivity index (χ1n) is 7.49. The third-order valence-corrected chi connectivity index (χ3v) is 3.81. The topological polar surface area (TPSA) is 80.2 Å². The van der Waals surface area contributed by atoms with E-state index in [0.29, 0.717) is 16.3 Å². The average Bonchev–Trinajstić information content (AvgIpc) is 2.58. The summed E-state index contributed by atoms with van der Waals surface area (Å²) in [6, 6.07) is 8.61. The second-order valence-electron chi connectivity index (χ2n) is 5.33. The predicted octanol–water partition coefficient (Wildman–Crippen LogP) is 3.20. The molecule has 0 radical (unpaired) electrons. The van der Waals surface area contributed by atoms with Gasteiger partial charge in [-0.05, 0) is 37.1 Å². The Morgan fingerprint density at radius 2 is 2.08 bits per heavy atom. The molecule has 2 rings (SSSR count). The molecule has 7 heteroatoms. The number of amides is 1. The van der Waals surface area contributed by atoms with Crippen LogP contribution in [0.3, 0.4) is 0 Å². The lowest BCUT2D eigenvalue weighted by Crippen LogP contribution is -2.24. The van der Waals surface area contributed by atoms with E-state index >= 15 is 0 Å². The monoisotopic (exact) mass is 362 g/mol. The predicted molar refractivity (Wildman–Crippen MR) is 96.8 cm³/mol. The lowest BCUT2D eigenvalue weighted by molar-refractivity contribution is -0.123. The number of methoxy groups -OCH3 is 1. The van der Waals surface area contributed by atoms with Crippen molar-refractivity contribution in [1.82, 2.24) is 5.43 Å². The van der Waals surface area contributed by atoms with Gasteiger partial charge in [0.1, 0.15) is 5.75 Å². The van der Waals surface area contributed by atoms with Crippen LogP contribution in [0, 0.1) is 13.8 Å². The fraction of sp³-hybridized carbons (Fsp3) is 0.222. The van der Waals surface area contributed by atoms with Gasteiger partial charge in [0, 0.05) is 16.7 Å². The maximum atomic E-state index is 11.8. The van der Waals surface area contributed by atoms with Crippen LogP contribution in [-0.2, 0) is 4.79 Å². The summed E-state index contributed by atoms with van der Waals surface area (Å²) in [6.45, 7) is 3.72. The number of ether oxygens (including phenoxy) is 2. The van der Waals surface area contributed by atoms with Gasteiger partial charge in [-0.2, -0.15) is 5.10 Å². The number of phenolic OH excluding ortho intramolecular Hbond substituents is 1. The Bertz CT molecular complexity index is 806. The number of nitrogens with zero attached hydrogens (tertiary/aromatic N) is 1. The van der Waals surface area contributed by atoms with Crippen molar-refractivity contribution in [3.05, 3.63) is 52.0 Å². The molecule has 0 unspecified atom stereocenters. The van der Waals surface area contributed by atoms with Gasteiger partial charge in [0.05, 0.1) is 13.3 Å². The largest absolute Gasteiger partial charge is 0.504 e. The van der Waals surface area contributed by atoms with Crippen LogP contribution < -0.4 is 14.9 Å². The Labute approximate surface area is 151 Å². The molecule has 0 bridgehead atoms. The van der Waals surface area contributed by atoms with E-state index in [1.165, 1.54) is 25.5 Å². The first-order chi connectivity index (χ1) is 11.9. The number of carbonyl (C=O) groups is 1. The molecule has 0 aliphatic heterocycles. The molecule has 2 N–H and O–H groups in total. The lowest BCUT2D eigenvalue weighted by Gasteiger charge is -2.10. The SMILES string of the molecule is COc1cc(Cl)cc(/C=N\NC(=O)COc2cccc(C)c2C)c1O. The molecule has 2 aromatic carbocycles. The highest BCUT2D eigenvalue weighted by molar-refractivity contribution is 6.31. The molecule has 0 fully saturated rings. The fourth-order valence-electron chi connectivity index (χ4n) is 2.08. The van der Waals surface area contributed by atoms with E-state index in [1.54, 1.807) is 6.07 Å². The normalized spacial score (nSPS) is 10.7. The molecular weight excluding hydrogens is 344 g/mol. The summed E-state index contributed by atoms with van der Waals surface area (Å²) in [6.07, 6.45) is 1.28. The minimum Gasteiger partial charge on any atom is -0.504 e. The first-order valence-corrected chi connectivity index (χ1v) is 7.87. The molecule has 0 aliphatic carbocycles. The quantitative estimate of drug-likeness (QED) is 0.611. The van der Waals surface area contributed by atoms with Crippen molar-refractivity contribution in [3.63, 3.8) is 0 Å². The Balaban J connectivity index is 1.95. The Kier molecular flexibility index (Phi) is 6.25. The van der Waals surface area contributed by atoms with Crippen LogP contribution in [0.2, 0.25) is 5.02 Å².